The van der Waals surface area contributed by atoms with Gasteiger partial charge < -0.3 is 89.6 Å². The van der Waals surface area contributed by atoms with Crippen LogP contribution in [0.25, 0.3) is 0 Å². The third kappa shape index (κ3) is 19.4. The van der Waals surface area contributed by atoms with Crippen molar-refractivity contribution in [1.82, 2.24) is 67.0 Å². The molecule has 0 radical (unpaired) electrons. The van der Waals surface area contributed by atoms with Crippen molar-refractivity contribution in [2.24, 2.45) is 49.3 Å². The lowest BCUT2D eigenvalue weighted by Crippen LogP contribution is -2.54. The summed E-state index contributed by atoms with van der Waals surface area (Å²) in [5.41, 5.74) is 2.19. The number of benzene rings is 1. The fourth-order valence-corrected chi connectivity index (χ4v) is 11.9. The van der Waals surface area contributed by atoms with Gasteiger partial charge in [-0.2, -0.15) is 4.98 Å². The molecule has 0 aliphatic carbocycles. The van der Waals surface area contributed by atoms with E-state index >= 15 is 0 Å². The van der Waals surface area contributed by atoms with E-state index in [1.54, 1.807) is 105 Å². The molecule has 0 unspecified atom stereocenters. The number of aryl methyl sites for hydroxylation is 7. The largest absolute Gasteiger partial charge is 0.371 e. The molecule has 1 aromatic carbocycles. The molecule has 10 rings (SSSR count). The summed E-state index contributed by atoms with van der Waals surface area (Å²) in [4.78, 5) is 177. The summed E-state index contributed by atoms with van der Waals surface area (Å²) < 4.78 is 10.5. The van der Waals surface area contributed by atoms with E-state index in [9.17, 15) is 62.9 Å². The molecule has 10 N–H and O–H groups in total. The highest BCUT2D eigenvalue weighted by molar-refractivity contribution is 6.06. The van der Waals surface area contributed by atoms with Gasteiger partial charge >= 0.3 is 0 Å². The van der Waals surface area contributed by atoms with Crippen LogP contribution in [-0.4, -0.2) is 183 Å². The van der Waals surface area contributed by atoms with Crippen LogP contribution in [0.3, 0.4) is 0 Å². The van der Waals surface area contributed by atoms with Crippen molar-refractivity contribution < 1.29 is 57.7 Å². The molecule has 2 aliphatic heterocycles. The lowest BCUT2D eigenvalue weighted by molar-refractivity contribution is -0.384. The topological polar surface area (TPSA) is 447 Å². The Kier molecular flexibility index (Phi) is 23.6. The number of nitrogens with one attached hydrogen (secondary N) is 10. The van der Waals surface area contributed by atoms with Gasteiger partial charge in [0.1, 0.15) is 17.3 Å². The number of non-ortho nitro benzene ring substituents is 1. The molecule has 104 heavy (non-hydrogen) atoms. The van der Waals surface area contributed by atoms with E-state index in [0.29, 0.717) is 42.1 Å². The van der Waals surface area contributed by atoms with Crippen molar-refractivity contribution in [2.45, 2.75) is 70.3 Å². The van der Waals surface area contributed by atoms with Crippen molar-refractivity contribution in [3.63, 3.8) is 0 Å². The fraction of sp³-hybridized carbons (Fsp3) is 0.379. The maximum atomic E-state index is 13.4. The molecule has 0 bridgehead atoms. The maximum Gasteiger partial charge on any atom is 0.291 e. The Morgan fingerprint density at radius 1 is 0.462 bits per heavy atom. The predicted octanol–water partition coefficient (Wildman–Crippen LogP) is 3.70. The molecule has 8 aromatic rings. The van der Waals surface area contributed by atoms with Gasteiger partial charge in [-0.1, -0.05) is 0 Å². The number of hydrogen-bond acceptors (Lipinski definition) is 19. The first-order valence-corrected chi connectivity index (χ1v) is 33.3. The summed E-state index contributed by atoms with van der Waals surface area (Å²) in [7, 11) is 11.3. The minimum Gasteiger partial charge on any atom is -0.371 e. The lowest BCUT2D eigenvalue weighted by Gasteiger charge is -2.43. The first-order chi connectivity index (χ1) is 49.7. The number of carbonyl (C=O) groups is 11. The predicted molar refractivity (Wildman–Crippen MR) is 380 cm³/mol. The number of amides is 11. The highest BCUT2D eigenvalue weighted by Crippen LogP contribution is 2.27. The second-order valence-electron chi connectivity index (χ2n) is 25.1. The summed E-state index contributed by atoms with van der Waals surface area (Å²) in [5, 5.41) is 37.9. The summed E-state index contributed by atoms with van der Waals surface area (Å²) in [6, 6.07) is 11.5. The zero-order chi connectivity index (χ0) is 74.5. The third-order valence-electron chi connectivity index (χ3n) is 17.3. The monoisotopic (exact) mass is 1430 g/mol. The molecule has 2 fully saturated rings. The van der Waals surface area contributed by atoms with Crippen molar-refractivity contribution in [3.05, 3.63) is 125 Å². The average Bonchev–Trinajstić information content (AvgIpc) is 1.76. The number of piperazine rings is 1. The third-order valence-corrected chi connectivity index (χ3v) is 17.3. The van der Waals surface area contributed by atoms with E-state index in [1.807, 2.05) is 0 Å². The van der Waals surface area contributed by atoms with Gasteiger partial charge in [-0.05, 0) is 37.5 Å². The number of rotatable bonds is 29. The van der Waals surface area contributed by atoms with Gasteiger partial charge in [0.2, 0.25) is 58.9 Å². The molecule has 2 saturated heterocycles. The van der Waals surface area contributed by atoms with Crippen LogP contribution in [-0.2, 0) is 82.9 Å². The number of nitro benzene ring substituents is 1. The number of nitro groups is 1. The van der Waals surface area contributed by atoms with Gasteiger partial charge in [0.25, 0.3) is 29.3 Å². The first-order valence-electron chi connectivity index (χ1n) is 33.3. The minimum absolute atomic E-state index is 0.00344. The summed E-state index contributed by atoms with van der Waals surface area (Å²) in [6.45, 7) is 4.36. The van der Waals surface area contributed by atoms with E-state index in [2.05, 4.69) is 82.9 Å². The van der Waals surface area contributed by atoms with Gasteiger partial charge in [-0.25, -0.2) is 15.0 Å². The van der Waals surface area contributed by atoms with Crippen LogP contribution in [0.15, 0.2) is 92.0 Å². The molecular weight excluding hydrogens is 1350 g/mol. The second-order valence-corrected chi connectivity index (χ2v) is 25.1. The lowest BCUT2D eigenvalue weighted by atomic mass is 10.0. The van der Waals surface area contributed by atoms with Crippen LogP contribution in [0, 0.1) is 10.1 Å². The van der Waals surface area contributed by atoms with Crippen LogP contribution in [0.1, 0.15) is 107 Å². The number of anilines is 10. The number of nitrogens with zero attached hydrogens (tertiary/aromatic N) is 15. The molecule has 9 heterocycles. The van der Waals surface area contributed by atoms with E-state index in [1.165, 1.54) is 73.5 Å². The minimum atomic E-state index is -0.623. The zero-order valence-corrected chi connectivity index (χ0v) is 58.3. The molecule has 0 saturated carbocycles. The smallest absolute Gasteiger partial charge is 0.291 e. The number of piperidine rings is 1. The molecule has 38 heteroatoms. The number of carbonyl (C=O) groups excluding carboxylic acids is 11. The van der Waals surface area contributed by atoms with E-state index < -0.39 is 64.0 Å². The number of aromatic nitrogens is 11. The molecule has 548 valence electrons. The van der Waals surface area contributed by atoms with Crippen molar-refractivity contribution in [1.29, 1.82) is 0 Å². The molecule has 0 spiro atoms. The summed E-state index contributed by atoms with van der Waals surface area (Å²) >= 11 is 0. The van der Waals surface area contributed by atoms with Crippen molar-refractivity contribution in [3.8, 4) is 0 Å². The number of hydrogen-bond donors (Lipinski definition) is 10. The molecule has 11 amide bonds. The number of imidazole rings is 4. The summed E-state index contributed by atoms with van der Waals surface area (Å²) in [5.74, 6) is -3.94. The Balaban J connectivity index is 0.574. The standard InChI is InChI=1S/C66H81N25O13/c1-81-26-23-67-59(81)64(101)70-41-32-51(84(4)35-41)79-56(96)17-16-55(95)72-47-37-86(6)61(74-47)65(102)71-42-33-50(83(3)36-42)78-53(93)10-8-9-52(92)73-48-39-87(7)66(77-48)80-57(97)18-15-54(94)69-40-31-46(82(2)34-40)62(99)76-49-38-85(5)60(75-49)63(100)68-22-19-58(98)90-29-27-89(28-30-90)44-20-24-88(25-21-44)43-11-13-45(14-12-43)91(103)104/h11-14,23,26,31-39,44H,8-10,15-22,24-25,27-30H2,1-7H3,(H,68,100)(H,69,94)(H,70,101)(H,71,102)(H,72,95)(H,73,92)(H,76,99)(H,78,93)(H,79,96)(H,77,80,97). The molecular formula is C66H81N25O13. The molecule has 7 aromatic heterocycles. The highest BCUT2D eigenvalue weighted by Gasteiger charge is 2.30. The van der Waals surface area contributed by atoms with Crippen LogP contribution < -0.4 is 58.1 Å². The van der Waals surface area contributed by atoms with E-state index in [-0.39, 0.29) is 122 Å². The fourth-order valence-electron chi connectivity index (χ4n) is 11.9. The van der Waals surface area contributed by atoms with E-state index in [0.717, 1.165) is 44.7 Å². The highest BCUT2D eigenvalue weighted by atomic mass is 16.6. The van der Waals surface area contributed by atoms with Crippen LogP contribution in [0.5, 0.6) is 0 Å². The molecule has 0 atom stereocenters. The van der Waals surface area contributed by atoms with Crippen LogP contribution >= 0.6 is 0 Å². The molecule has 38 nitrogen and oxygen atoms in total. The van der Waals surface area contributed by atoms with Crippen molar-refractivity contribution in [2.75, 3.05) is 98.6 Å². The maximum absolute atomic E-state index is 13.4. The molecule has 2 aliphatic rings. The average molecular weight is 1430 g/mol. The van der Waals surface area contributed by atoms with Crippen LogP contribution in [0.2, 0.25) is 0 Å². The SMILES string of the molecule is Cn1cc(NC(=O)c2nc(NC(=O)CCC(=O)Nc3cc(NC(=O)c4nccn4C)cn3C)cn2C)cc1NC(=O)CCCC(=O)Nc1cn(C)c(NC(=O)CCC(=O)Nc2cc(C(=O)Nc3cn(C)c(C(=O)NCCC(=O)N4CCN(C5CCN(c6ccc([N+](=O)[O-])cc6)CC5)CC4)n3)n(C)c2)n1. The second kappa shape index (κ2) is 33.1. The first kappa shape index (κ1) is 73.9. The van der Waals surface area contributed by atoms with Gasteiger partial charge in [0, 0.05) is 226 Å². The Hall–Kier alpha value is -12.8. The Morgan fingerprint density at radius 3 is 1.53 bits per heavy atom. The summed E-state index contributed by atoms with van der Waals surface area (Å²) in [6.07, 6.45) is 13.3. The van der Waals surface area contributed by atoms with E-state index in [4.69, 9.17) is 0 Å². The Morgan fingerprint density at radius 2 is 0.952 bits per heavy atom. The van der Waals surface area contributed by atoms with Gasteiger partial charge in [-0.3, -0.25) is 73.1 Å². The van der Waals surface area contributed by atoms with Crippen molar-refractivity contribution >= 4 is 128 Å². The Labute approximate surface area is 594 Å². The quantitative estimate of drug-likeness (QED) is 0.0236. The van der Waals surface area contributed by atoms with Crippen LogP contribution in [0.4, 0.5) is 63.5 Å². The van der Waals surface area contributed by atoms with Gasteiger partial charge in [-0.15, -0.1) is 0 Å². The normalized spacial score (nSPS) is 13.2. The van der Waals surface area contributed by atoms with Gasteiger partial charge in [0.05, 0.1) is 22.0 Å². The van der Waals surface area contributed by atoms with Gasteiger partial charge in [0.15, 0.2) is 23.3 Å². The zero-order valence-electron chi connectivity index (χ0n) is 58.3. The Bertz CT molecular complexity index is 4570.